The summed E-state index contributed by atoms with van der Waals surface area (Å²) in [5.41, 5.74) is 0.603. The Labute approximate surface area is 200 Å². The number of halogens is 4. The number of amides is 1. The maximum absolute atomic E-state index is 13.2. The van der Waals surface area contributed by atoms with Gasteiger partial charge in [-0.25, -0.2) is 9.18 Å². The number of carbonyl (C=O) groups is 2. The van der Waals surface area contributed by atoms with Gasteiger partial charge in [-0.2, -0.15) is 0 Å². The fourth-order valence-corrected chi connectivity index (χ4v) is 4.46. The first kappa shape index (κ1) is 24.6. The summed E-state index contributed by atoms with van der Waals surface area (Å²) in [4.78, 5) is 28.4. The van der Waals surface area contributed by atoms with E-state index in [4.69, 9.17) is 39.5 Å². The number of nitrogens with zero attached hydrogens (tertiary/aromatic N) is 2. The summed E-state index contributed by atoms with van der Waals surface area (Å²) in [7, 11) is 0. The molecule has 0 aromatic heterocycles. The van der Waals surface area contributed by atoms with Crippen molar-refractivity contribution in [2.24, 2.45) is 0 Å². The summed E-state index contributed by atoms with van der Waals surface area (Å²) in [6.45, 7) is 5.27. The number of rotatable bonds is 6. The molecule has 1 aliphatic rings. The number of hydrogen-bond acceptors (Lipinski definition) is 4. The summed E-state index contributed by atoms with van der Waals surface area (Å²) in [6.07, 6.45) is 0. The molecule has 2 unspecified atom stereocenters. The Kier molecular flexibility index (Phi) is 7.88. The highest BCUT2D eigenvalue weighted by molar-refractivity contribution is 6.45. The molecule has 172 valence electrons. The topological polar surface area (TPSA) is 70.1 Å². The van der Waals surface area contributed by atoms with Crippen LogP contribution in [0.3, 0.4) is 0 Å². The number of hydrogen-bond donors (Lipinski definition) is 1. The lowest BCUT2D eigenvalue weighted by atomic mass is 10.1. The molecule has 1 fully saturated rings. The highest BCUT2D eigenvalue weighted by Crippen LogP contribution is 2.39. The van der Waals surface area contributed by atoms with E-state index in [-0.39, 0.29) is 50.2 Å². The number of carbonyl (C=O) groups excluding carboxylic acids is 1. The van der Waals surface area contributed by atoms with Crippen LogP contribution in [0.15, 0.2) is 30.3 Å². The van der Waals surface area contributed by atoms with Crippen molar-refractivity contribution in [3.05, 3.63) is 62.3 Å². The van der Waals surface area contributed by atoms with Gasteiger partial charge in [0.1, 0.15) is 11.4 Å². The second-order valence-electron chi connectivity index (χ2n) is 7.75. The Morgan fingerprint density at radius 1 is 1.09 bits per heavy atom. The highest BCUT2D eigenvalue weighted by Gasteiger charge is 2.32. The fourth-order valence-electron chi connectivity index (χ4n) is 3.72. The maximum Gasteiger partial charge on any atom is 0.341 e. The minimum absolute atomic E-state index is 0.0209. The van der Waals surface area contributed by atoms with Crippen LogP contribution in [-0.4, -0.2) is 58.6 Å². The van der Waals surface area contributed by atoms with Gasteiger partial charge in [0.2, 0.25) is 0 Å². The Morgan fingerprint density at radius 3 is 2.38 bits per heavy atom. The zero-order valence-corrected chi connectivity index (χ0v) is 19.7. The molecule has 1 N–H and O–H groups in total. The van der Waals surface area contributed by atoms with Gasteiger partial charge in [-0.1, -0.05) is 46.9 Å². The first-order valence-electron chi connectivity index (χ1n) is 9.90. The molecule has 1 amide bonds. The molecule has 0 radical (unpaired) electrons. The Balaban J connectivity index is 1.66. The van der Waals surface area contributed by atoms with E-state index in [0.717, 1.165) is 5.56 Å². The number of aromatic carboxylic acids is 1. The van der Waals surface area contributed by atoms with Crippen molar-refractivity contribution in [3.8, 4) is 5.75 Å². The van der Waals surface area contributed by atoms with Crippen LogP contribution in [-0.2, 0) is 11.3 Å². The molecule has 1 heterocycles. The molecule has 2 aromatic rings. The smallest absolute Gasteiger partial charge is 0.341 e. The standard InChI is InChI=1S/C22H22Cl3FN2O4/c1-12-9-28(13(2)8-27(12)10-14-3-5-15(26)6-4-14)18(29)11-32-21-17(24)7-16(23)20(25)19(21)22(30)31/h3-7,12-13H,8-11H2,1-2H3,(H,30,31). The van der Waals surface area contributed by atoms with Crippen molar-refractivity contribution >= 4 is 46.7 Å². The van der Waals surface area contributed by atoms with Gasteiger partial charge in [-0.15, -0.1) is 0 Å². The second-order valence-corrected chi connectivity index (χ2v) is 8.94. The minimum atomic E-state index is -1.36. The molecule has 0 saturated carbocycles. The lowest BCUT2D eigenvalue weighted by Crippen LogP contribution is -2.58. The van der Waals surface area contributed by atoms with E-state index in [1.165, 1.54) is 18.2 Å². The van der Waals surface area contributed by atoms with Gasteiger partial charge in [-0.3, -0.25) is 9.69 Å². The lowest BCUT2D eigenvalue weighted by Gasteiger charge is -2.44. The summed E-state index contributed by atoms with van der Waals surface area (Å²) in [5, 5.41) is 9.18. The van der Waals surface area contributed by atoms with Crippen molar-refractivity contribution in [1.29, 1.82) is 0 Å². The van der Waals surface area contributed by atoms with Gasteiger partial charge in [0.05, 0.1) is 15.1 Å². The van der Waals surface area contributed by atoms with E-state index in [1.54, 1.807) is 17.0 Å². The average Bonchev–Trinajstić information content (AvgIpc) is 2.73. The van der Waals surface area contributed by atoms with Crippen LogP contribution in [0.25, 0.3) is 0 Å². The molecule has 6 nitrogen and oxygen atoms in total. The molecule has 10 heteroatoms. The van der Waals surface area contributed by atoms with Crippen molar-refractivity contribution in [2.75, 3.05) is 19.7 Å². The first-order chi connectivity index (χ1) is 15.1. The molecule has 0 bridgehead atoms. The van der Waals surface area contributed by atoms with Crippen molar-refractivity contribution < 1.29 is 23.8 Å². The van der Waals surface area contributed by atoms with E-state index in [1.807, 2.05) is 13.8 Å². The van der Waals surface area contributed by atoms with Gasteiger partial charge in [-0.05, 0) is 37.6 Å². The summed E-state index contributed by atoms with van der Waals surface area (Å²) in [6, 6.07) is 7.59. The van der Waals surface area contributed by atoms with Gasteiger partial charge < -0.3 is 14.7 Å². The summed E-state index contributed by atoms with van der Waals surface area (Å²) >= 11 is 18.0. The Morgan fingerprint density at radius 2 is 1.75 bits per heavy atom. The zero-order chi connectivity index (χ0) is 23.6. The van der Waals surface area contributed by atoms with E-state index in [2.05, 4.69) is 4.90 Å². The van der Waals surface area contributed by atoms with E-state index < -0.39 is 12.6 Å². The van der Waals surface area contributed by atoms with Crippen LogP contribution in [0.5, 0.6) is 5.75 Å². The number of carboxylic acids is 1. The number of benzene rings is 2. The Hall–Kier alpha value is -2.06. The quantitative estimate of drug-likeness (QED) is 0.563. The number of ether oxygens (including phenoxy) is 1. The zero-order valence-electron chi connectivity index (χ0n) is 17.4. The molecule has 3 rings (SSSR count). The molecular weight excluding hydrogens is 482 g/mol. The van der Waals surface area contributed by atoms with Crippen LogP contribution in [0.4, 0.5) is 4.39 Å². The molecule has 1 saturated heterocycles. The minimum Gasteiger partial charge on any atom is -0.481 e. The third-order valence-electron chi connectivity index (χ3n) is 5.41. The molecule has 1 aliphatic heterocycles. The average molecular weight is 504 g/mol. The third-order valence-corrected chi connectivity index (χ3v) is 6.48. The predicted molar refractivity (Wildman–Crippen MR) is 121 cm³/mol. The number of piperazine rings is 1. The normalized spacial score (nSPS) is 19.1. The monoisotopic (exact) mass is 502 g/mol. The van der Waals surface area contributed by atoms with Gasteiger partial charge in [0.15, 0.2) is 12.4 Å². The lowest BCUT2D eigenvalue weighted by molar-refractivity contribution is -0.139. The van der Waals surface area contributed by atoms with Crippen molar-refractivity contribution in [3.63, 3.8) is 0 Å². The first-order valence-corrected chi connectivity index (χ1v) is 11.0. The largest absolute Gasteiger partial charge is 0.481 e. The SMILES string of the molecule is CC1CN(C(=O)COc2c(Cl)cc(Cl)c(Cl)c2C(=O)O)C(C)CN1Cc1ccc(F)cc1. The van der Waals surface area contributed by atoms with Gasteiger partial charge in [0.25, 0.3) is 5.91 Å². The van der Waals surface area contributed by atoms with Crippen LogP contribution in [0.1, 0.15) is 29.8 Å². The highest BCUT2D eigenvalue weighted by atomic mass is 35.5. The maximum atomic E-state index is 13.2. The summed E-state index contributed by atoms with van der Waals surface area (Å²) < 4.78 is 18.7. The van der Waals surface area contributed by atoms with Crippen LogP contribution in [0, 0.1) is 5.82 Å². The molecule has 2 aromatic carbocycles. The van der Waals surface area contributed by atoms with Crippen molar-refractivity contribution in [2.45, 2.75) is 32.5 Å². The molecule has 0 aliphatic carbocycles. The molecule has 2 atom stereocenters. The van der Waals surface area contributed by atoms with Gasteiger partial charge >= 0.3 is 5.97 Å². The predicted octanol–water partition coefficient (Wildman–Crippen LogP) is 4.98. The molecular formula is C22H22Cl3FN2O4. The van der Waals surface area contributed by atoms with E-state index in [0.29, 0.717) is 19.6 Å². The fraction of sp³-hybridized carbons (Fsp3) is 0.364. The second kappa shape index (κ2) is 10.3. The molecule has 0 spiro atoms. The van der Waals surface area contributed by atoms with Crippen molar-refractivity contribution in [1.82, 2.24) is 9.80 Å². The molecule has 32 heavy (non-hydrogen) atoms. The third kappa shape index (κ3) is 5.46. The van der Waals surface area contributed by atoms with Crippen LogP contribution < -0.4 is 4.74 Å². The Bertz CT molecular complexity index is 1020. The van der Waals surface area contributed by atoms with E-state index >= 15 is 0 Å². The van der Waals surface area contributed by atoms with E-state index in [9.17, 15) is 19.1 Å². The van der Waals surface area contributed by atoms with Crippen LogP contribution in [0.2, 0.25) is 15.1 Å². The van der Waals surface area contributed by atoms with Crippen LogP contribution >= 0.6 is 34.8 Å². The number of carboxylic acid groups (broad SMARTS) is 1. The van der Waals surface area contributed by atoms with Gasteiger partial charge in [0, 0.05) is 31.7 Å². The summed E-state index contributed by atoms with van der Waals surface area (Å²) in [5.74, 6) is -2.14.